The Morgan fingerprint density at radius 1 is 1.14 bits per heavy atom. The van der Waals surface area contributed by atoms with Gasteiger partial charge >= 0.3 is 0 Å². The summed E-state index contributed by atoms with van der Waals surface area (Å²) in [4.78, 5) is 25.5. The number of rotatable bonds is 6. The first-order chi connectivity index (χ1) is 14.1. The number of hydrogen-bond acceptors (Lipinski definition) is 9. The Morgan fingerprint density at radius 3 is 2.59 bits per heavy atom. The Balaban J connectivity index is 1.96. The van der Waals surface area contributed by atoms with E-state index in [0.717, 1.165) is 41.6 Å². The SMILES string of the molecule is CCSc1nc2c(-c3cnc(N)cn3)nc(N3CCOCC3)nc2n1C(C)CC. The number of ether oxygens (including phenoxy) is 1. The van der Waals surface area contributed by atoms with Crippen LogP contribution in [0.4, 0.5) is 11.8 Å². The molecule has 0 amide bonds. The number of morpholine rings is 1. The smallest absolute Gasteiger partial charge is 0.228 e. The lowest BCUT2D eigenvalue weighted by molar-refractivity contribution is 0.122. The van der Waals surface area contributed by atoms with Gasteiger partial charge in [0.25, 0.3) is 0 Å². The first kappa shape index (κ1) is 19.8. The van der Waals surface area contributed by atoms with Crippen molar-refractivity contribution >= 4 is 34.7 Å². The van der Waals surface area contributed by atoms with Crippen molar-refractivity contribution in [1.29, 1.82) is 0 Å². The van der Waals surface area contributed by atoms with Gasteiger partial charge in [-0.15, -0.1) is 0 Å². The zero-order valence-corrected chi connectivity index (χ0v) is 17.8. The van der Waals surface area contributed by atoms with Gasteiger partial charge in [-0.3, -0.25) is 0 Å². The van der Waals surface area contributed by atoms with Crippen LogP contribution in [0.1, 0.15) is 33.2 Å². The zero-order chi connectivity index (χ0) is 20.4. The minimum absolute atomic E-state index is 0.270. The van der Waals surface area contributed by atoms with Crippen LogP contribution in [0.25, 0.3) is 22.6 Å². The van der Waals surface area contributed by atoms with E-state index >= 15 is 0 Å². The predicted molar refractivity (Wildman–Crippen MR) is 115 cm³/mol. The van der Waals surface area contributed by atoms with E-state index in [9.17, 15) is 0 Å². The van der Waals surface area contributed by atoms with Crippen molar-refractivity contribution in [3.8, 4) is 11.4 Å². The zero-order valence-electron chi connectivity index (χ0n) is 17.0. The van der Waals surface area contributed by atoms with Gasteiger partial charge in [0.05, 0.1) is 25.6 Å². The van der Waals surface area contributed by atoms with Crippen LogP contribution in [0.3, 0.4) is 0 Å². The summed E-state index contributed by atoms with van der Waals surface area (Å²) in [5.74, 6) is 1.98. The molecule has 0 saturated carbocycles. The quantitative estimate of drug-likeness (QED) is 0.609. The van der Waals surface area contributed by atoms with E-state index in [2.05, 4.69) is 40.2 Å². The highest BCUT2D eigenvalue weighted by Gasteiger charge is 2.24. The van der Waals surface area contributed by atoms with Gasteiger partial charge in [-0.1, -0.05) is 25.6 Å². The first-order valence-electron chi connectivity index (χ1n) is 9.95. The highest BCUT2D eigenvalue weighted by atomic mass is 32.2. The molecule has 9 nitrogen and oxygen atoms in total. The Morgan fingerprint density at radius 2 is 1.93 bits per heavy atom. The van der Waals surface area contributed by atoms with Gasteiger partial charge in [-0.05, 0) is 19.1 Å². The number of anilines is 2. The van der Waals surface area contributed by atoms with E-state index in [4.69, 9.17) is 25.4 Å². The second kappa shape index (κ2) is 8.50. The van der Waals surface area contributed by atoms with Gasteiger partial charge in [0.15, 0.2) is 10.8 Å². The molecule has 0 bridgehead atoms. The van der Waals surface area contributed by atoms with Crippen molar-refractivity contribution in [3.05, 3.63) is 12.4 Å². The molecule has 154 valence electrons. The van der Waals surface area contributed by atoms with Crippen LogP contribution in [0.15, 0.2) is 17.6 Å². The Kier molecular flexibility index (Phi) is 5.81. The average molecular weight is 415 g/mol. The summed E-state index contributed by atoms with van der Waals surface area (Å²) >= 11 is 1.71. The number of thioether (sulfide) groups is 1. The summed E-state index contributed by atoms with van der Waals surface area (Å²) < 4.78 is 7.72. The molecular formula is C19H26N8OS. The van der Waals surface area contributed by atoms with Gasteiger partial charge in [-0.2, -0.15) is 4.98 Å². The average Bonchev–Trinajstić information content (AvgIpc) is 3.12. The minimum Gasteiger partial charge on any atom is -0.382 e. The van der Waals surface area contributed by atoms with Crippen molar-refractivity contribution in [2.45, 2.75) is 38.4 Å². The van der Waals surface area contributed by atoms with E-state index in [1.807, 2.05) is 0 Å². The summed E-state index contributed by atoms with van der Waals surface area (Å²) in [6.07, 6.45) is 4.18. The number of nitrogen functional groups attached to an aromatic ring is 1. The molecule has 1 fully saturated rings. The van der Waals surface area contributed by atoms with Crippen LogP contribution >= 0.6 is 11.8 Å². The molecule has 2 N–H and O–H groups in total. The van der Waals surface area contributed by atoms with Crippen molar-refractivity contribution < 1.29 is 4.74 Å². The van der Waals surface area contributed by atoms with Crippen LogP contribution in [-0.4, -0.2) is 61.5 Å². The molecule has 1 atom stereocenters. The van der Waals surface area contributed by atoms with E-state index in [1.165, 1.54) is 0 Å². The van der Waals surface area contributed by atoms with Crippen molar-refractivity contribution in [3.63, 3.8) is 0 Å². The third-order valence-corrected chi connectivity index (χ3v) is 5.84. The van der Waals surface area contributed by atoms with Crippen LogP contribution in [-0.2, 0) is 4.74 Å². The monoisotopic (exact) mass is 414 g/mol. The molecule has 1 saturated heterocycles. The number of nitrogens with zero attached hydrogens (tertiary/aromatic N) is 7. The van der Waals surface area contributed by atoms with Crippen LogP contribution < -0.4 is 10.6 Å². The maximum Gasteiger partial charge on any atom is 0.228 e. The molecular weight excluding hydrogens is 388 g/mol. The number of hydrogen-bond donors (Lipinski definition) is 1. The van der Waals surface area contributed by atoms with E-state index in [1.54, 1.807) is 24.2 Å². The fraction of sp³-hybridized carbons (Fsp3) is 0.526. The summed E-state index contributed by atoms with van der Waals surface area (Å²) in [6.45, 7) is 9.34. The molecule has 4 heterocycles. The highest BCUT2D eigenvalue weighted by molar-refractivity contribution is 7.99. The first-order valence-corrected chi connectivity index (χ1v) is 10.9. The molecule has 1 aliphatic rings. The van der Waals surface area contributed by atoms with Gasteiger partial charge in [0, 0.05) is 19.1 Å². The van der Waals surface area contributed by atoms with Gasteiger partial charge < -0.3 is 19.9 Å². The van der Waals surface area contributed by atoms with Gasteiger partial charge in [-0.25, -0.2) is 19.9 Å². The topological polar surface area (TPSA) is 108 Å². The van der Waals surface area contributed by atoms with Crippen LogP contribution in [0.2, 0.25) is 0 Å². The standard InChI is InChI=1S/C19H26N8OS/c1-4-12(3)27-17-16(24-19(27)29-5-2)15(13-10-22-14(20)11-21-13)23-18(25-17)26-6-8-28-9-7-26/h10-12H,4-9H2,1-3H3,(H2,20,22). The van der Waals surface area contributed by atoms with E-state index in [-0.39, 0.29) is 6.04 Å². The predicted octanol–water partition coefficient (Wildman–Crippen LogP) is 2.79. The highest BCUT2D eigenvalue weighted by Crippen LogP contribution is 2.33. The summed E-state index contributed by atoms with van der Waals surface area (Å²) in [7, 11) is 0. The molecule has 0 radical (unpaired) electrons. The van der Waals surface area contributed by atoms with Gasteiger partial charge in [0.2, 0.25) is 5.95 Å². The minimum atomic E-state index is 0.270. The molecule has 0 aromatic carbocycles. The summed E-state index contributed by atoms with van der Waals surface area (Å²) in [5.41, 5.74) is 8.65. The largest absolute Gasteiger partial charge is 0.382 e. The molecule has 3 aromatic heterocycles. The van der Waals surface area contributed by atoms with E-state index < -0.39 is 0 Å². The lowest BCUT2D eigenvalue weighted by atomic mass is 10.2. The summed E-state index contributed by atoms with van der Waals surface area (Å²) in [6, 6.07) is 0.270. The van der Waals surface area contributed by atoms with Crippen molar-refractivity contribution in [1.82, 2.24) is 29.5 Å². The maximum absolute atomic E-state index is 5.74. The summed E-state index contributed by atoms with van der Waals surface area (Å²) in [5, 5.41) is 0.954. The molecule has 0 spiro atoms. The third kappa shape index (κ3) is 3.86. The van der Waals surface area contributed by atoms with Crippen molar-refractivity contribution in [2.75, 3.05) is 42.7 Å². The molecule has 29 heavy (non-hydrogen) atoms. The molecule has 10 heteroatoms. The van der Waals surface area contributed by atoms with Gasteiger partial charge in [0.1, 0.15) is 22.7 Å². The van der Waals surface area contributed by atoms with Crippen molar-refractivity contribution in [2.24, 2.45) is 0 Å². The fourth-order valence-electron chi connectivity index (χ4n) is 3.30. The normalized spacial score (nSPS) is 15.8. The third-order valence-electron chi connectivity index (χ3n) is 5.01. The second-order valence-corrected chi connectivity index (χ2v) is 8.16. The number of imidazole rings is 1. The molecule has 1 aliphatic heterocycles. The maximum atomic E-state index is 5.74. The Hall–Kier alpha value is -2.46. The molecule has 0 aliphatic carbocycles. The Labute approximate surface area is 174 Å². The molecule has 4 rings (SSSR count). The van der Waals surface area contributed by atoms with Crippen LogP contribution in [0, 0.1) is 0 Å². The second-order valence-electron chi connectivity index (χ2n) is 6.93. The lowest BCUT2D eigenvalue weighted by Gasteiger charge is -2.27. The van der Waals surface area contributed by atoms with E-state index in [0.29, 0.717) is 36.4 Å². The molecule has 3 aromatic rings. The fourth-order valence-corrected chi connectivity index (χ4v) is 4.12. The molecule has 1 unspecified atom stereocenters. The Bertz CT molecular complexity index is 984. The number of aromatic nitrogens is 6. The number of nitrogens with two attached hydrogens (primary N) is 1. The van der Waals surface area contributed by atoms with Crippen LogP contribution in [0.5, 0.6) is 0 Å². The lowest BCUT2D eigenvalue weighted by Crippen LogP contribution is -2.37. The number of fused-ring (bicyclic) bond motifs is 1.